The Morgan fingerprint density at radius 1 is 1.28 bits per heavy atom. The Morgan fingerprint density at radius 3 is 2.56 bits per heavy atom. The molecule has 1 aliphatic rings. The summed E-state index contributed by atoms with van der Waals surface area (Å²) in [7, 11) is -1.71. The maximum Gasteiger partial charge on any atom is 0.279 e. The van der Waals surface area contributed by atoms with Gasteiger partial charge in [-0.05, 0) is 31.7 Å². The average Bonchev–Trinajstić information content (AvgIpc) is 2.84. The quantitative estimate of drug-likeness (QED) is 0.619. The third-order valence-corrected chi connectivity index (χ3v) is 5.21. The lowest BCUT2D eigenvalue weighted by Gasteiger charge is -2.17. The highest BCUT2D eigenvalue weighted by atomic mass is 32.2. The van der Waals surface area contributed by atoms with Gasteiger partial charge in [0.15, 0.2) is 0 Å². The van der Waals surface area contributed by atoms with Gasteiger partial charge in [0.05, 0.1) is 0 Å². The van der Waals surface area contributed by atoms with Crippen molar-refractivity contribution in [3.8, 4) is 0 Å². The van der Waals surface area contributed by atoms with Crippen LogP contribution in [-0.2, 0) is 10.2 Å². The third kappa shape index (κ3) is 5.65. The van der Waals surface area contributed by atoms with Crippen LogP contribution in [-0.4, -0.2) is 39.4 Å². The van der Waals surface area contributed by atoms with E-state index in [-0.39, 0.29) is 0 Å². The molecule has 0 bridgehead atoms. The lowest BCUT2D eigenvalue weighted by Crippen LogP contribution is -2.39. The molecule has 0 saturated heterocycles. The minimum Gasteiger partial charge on any atom is -0.330 e. The minimum atomic E-state index is -3.30. The number of nitrogens with two attached hydrogens (primary N) is 1. The zero-order valence-electron chi connectivity index (χ0n) is 11.4. The van der Waals surface area contributed by atoms with Crippen molar-refractivity contribution in [2.24, 2.45) is 11.7 Å². The molecule has 108 valence electrons. The van der Waals surface area contributed by atoms with Crippen LogP contribution < -0.4 is 10.5 Å². The topological polar surface area (TPSA) is 75.4 Å². The van der Waals surface area contributed by atoms with E-state index in [9.17, 15) is 8.42 Å². The van der Waals surface area contributed by atoms with E-state index in [1.54, 1.807) is 7.05 Å². The molecule has 1 fully saturated rings. The summed E-state index contributed by atoms with van der Waals surface area (Å²) in [5.74, 6) is 0.824. The Morgan fingerprint density at radius 2 is 1.94 bits per heavy atom. The number of hydrogen-bond acceptors (Lipinski definition) is 3. The number of hydrogen-bond donors (Lipinski definition) is 2. The molecule has 1 rings (SSSR count). The molecule has 5 nitrogen and oxygen atoms in total. The average molecular weight is 277 g/mol. The first-order chi connectivity index (χ1) is 8.56. The molecule has 18 heavy (non-hydrogen) atoms. The summed E-state index contributed by atoms with van der Waals surface area (Å²) in [6, 6.07) is 0. The van der Waals surface area contributed by atoms with Gasteiger partial charge in [-0.15, -0.1) is 0 Å². The van der Waals surface area contributed by atoms with E-state index in [1.165, 1.54) is 30.0 Å². The molecule has 0 aromatic carbocycles. The molecule has 0 radical (unpaired) electrons. The van der Waals surface area contributed by atoms with Crippen molar-refractivity contribution in [1.29, 1.82) is 0 Å². The normalized spacial score (nSPS) is 17.7. The molecule has 0 unspecified atom stereocenters. The van der Waals surface area contributed by atoms with Crippen LogP contribution in [0.3, 0.4) is 0 Å². The lowest BCUT2D eigenvalue weighted by molar-refractivity contribution is 0.444. The van der Waals surface area contributed by atoms with Crippen LogP contribution in [0, 0.1) is 5.92 Å². The zero-order valence-corrected chi connectivity index (χ0v) is 12.2. The van der Waals surface area contributed by atoms with Gasteiger partial charge in [0.1, 0.15) is 0 Å². The number of rotatable bonds is 9. The van der Waals surface area contributed by atoms with Crippen LogP contribution in [0.1, 0.15) is 44.9 Å². The Hall–Kier alpha value is -0.170. The highest BCUT2D eigenvalue weighted by Gasteiger charge is 2.17. The Labute approximate surface area is 111 Å². The molecule has 6 heteroatoms. The van der Waals surface area contributed by atoms with Crippen molar-refractivity contribution in [1.82, 2.24) is 9.03 Å². The third-order valence-electron chi connectivity index (χ3n) is 3.64. The number of nitrogens with one attached hydrogen (secondary N) is 1. The van der Waals surface area contributed by atoms with Gasteiger partial charge in [0, 0.05) is 20.1 Å². The SMILES string of the molecule is CN(CCCN)S(=O)(=O)NCCCC1CCCC1. The second kappa shape index (κ2) is 8.09. The summed E-state index contributed by atoms with van der Waals surface area (Å²) in [4.78, 5) is 0. The van der Waals surface area contributed by atoms with Crippen molar-refractivity contribution in [3.05, 3.63) is 0 Å². The van der Waals surface area contributed by atoms with Gasteiger partial charge in [-0.2, -0.15) is 12.7 Å². The number of nitrogens with zero attached hydrogens (tertiary/aromatic N) is 1. The lowest BCUT2D eigenvalue weighted by atomic mass is 10.0. The first-order valence-electron chi connectivity index (χ1n) is 6.97. The van der Waals surface area contributed by atoms with Gasteiger partial charge in [0.25, 0.3) is 10.2 Å². The molecule has 0 amide bonds. The van der Waals surface area contributed by atoms with Gasteiger partial charge in [-0.25, -0.2) is 4.72 Å². The molecule has 1 aliphatic carbocycles. The maximum absolute atomic E-state index is 11.8. The van der Waals surface area contributed by atoms with Gasteiger partial charge >= 0.3 is 0 Å². The maximum atomic E-state index is 11.8. The molecule has 0 aliphatic heterocycles. The zero-order chi connectivity index (χ0) is 13.4. The summed E-state index contributed by atoms with van der Waals surface area (Å²) in [5, 5.41) is 0. The summed E-state index contributed by atoms with van der Waals surface area (Å²) >= 11 is 0. The first kappa shape index (κ1) is 15.9. The van der Waals surface area contributed by atoms with Crippen LogP contribution in [0.15, 0.2) is 0 Å². The van der Waals surface area contributed by atoms with Crippen molar-refractivity contribution in [2.75, 3.05) is 26.7 Å². The molecular formula is C12H27N3O2S. The fourth-order valence-electron chi connectivity index (χ4n) is 2.44. The predicted molar refractivity (Wildman–Crippen MR) is 74.4 cm³/mol. The highest BCUT2D eigenvalue weighted by molar-refractivity contribution is 7.87. The predicted octanol–water partition coefficient (Wildman–Crippen LogP) is 1.07. The summed E-state index contributed by atoms with van der Waals surface area (Å²) in [6.07, 6.45) is 8.12. The Balaban J connectivity index is 2.15. The Bertz CT molecular complexity index is 313. The van der Waals surface area contributed by atoms with Crippen LogP contribution in [0.2, 0.25) is 0 Å². The first-order valence-corrected chi connectivity index (χ1v) is 8.41. The molecule has 0 aromatic heterocycles. The van der Waals surface area contributed by atoms with Crippen LogP contribution >= 0.6 is 0 Å². The molecule has 0 atom stereocenters. The van der Waals surface area contributed by atoms with Gasteiger partial charge in [-0.3, -0.25) is 0 Å². The molecule has 1 saturated carbocycles. The van der Waals surface area contributed by atoms with E-state index in [0.29, 0.717) is 26.1 Å². The summed E-state index contributed by atoms with van der Waals surface area (Å²) in [5.41, 5.74) is 5.37. The van der Waals surface area contributed by atoms with Crippen LogP contribution in [0.25, 0.3) is 0 Å². The molecule has 0 heterocycles. The van der Waals surface area contributed by atoms with E-state index in [1.807, 2.05) is 0 Å². The van der Waals surface area contributed by atoms with Gasteiger partial charge in [0.2, 0.25) is 0 Å². The fourth-order valence-corrected chi connectivity index (χ4v) is 3.43. The molecule has 0 aromatic rings. The summed E-state index contributed by atoms with van der Waals surface area (Å²) < 4.78 is 27.6. The monoisotopic (exact) mass is 277 g/mol. The second-order valence-electron chi connectivity index (χ2n) is 5.16. The highest BCUT2D eigenvalue weighted by Crippen LogP contribution is 2.28. The van der Waals surface area contributed by atoms with Crippen LogP contribution in [0.5, 0.6) is 0 Å². The smallest absolute Gasteiger partial charge is 0.279 e. The molecule has 0 spiro atoms. The van der Waals surface area contributed by atoms with E-state index < -0.39 is 10.2 Å². The van der Waals surface area contributed by atoms with Gasteiger partial charge < -0.3 is 5.73 Å². The van der Waals surface area contributed by atoms with Gasteiger partial charge in [-0.1, -0.05) is 25.7 Å². The molecule has 3 N–H and O–H groups in total. The van der Waals surface area contributed by atoms with Crippen molar-refractivity contribution < 1.29 is 8.42 Å². The Kier molecular flexibility index (Phi) is 7.14. The fraction of sp³-hybridized carbons (Fsp3) is 1.00. The summed E-state index contributed by atoms with van der Waals surface area (Å²) in [6.45, 7) is 1.54. The van der Waals surface area contributed by atoms with E-state index in [0.717, 1.165) is 18.8 Å². The van der Waals surface area contributed by atoms with Crippen LogP contribution in [0.4, 0.5) is 0 Å². The van der Waals surface area contributed by atoms with E-state index in [4.69, 9.17) is 5.73 Å². The molecular weight excluding hydrogens is 250 g/mol. The van der Waals surface area contributed by atoms with E-state index in [2.05, 4.69) is 4.72 Å². The second-order valence-corrected chi connectivity index (χ2v) is 7.02. The van der Waals surface area contributed by atoms with Crippen molar-refractivity contribution >= 4 is 10.2 Å². The van der Waals surface area contributed by atoms with Crippen molar-refractivity contribution in [3.63, 3.8) is 0 Å². The largest absolute Gasteiger partial charge is 0.330 e. The standard InChI is InChI=1S/C12H27N3O2S/c1-15(11-5-9-13)18(16,17)14-10-4-8-12-6-2-3-7-12/h12,14H,2-11,13H2,1H3. The minimum absolute atomic E-state index is 0.481. The van der Waals surface area contributed by atoms with Crippen molar-refractivity contribution in [2.45, 2.75) is 44.9 Å². The van der Waals surface area contributed by atoms with E-state index >= 15 is 0 Å².